The molecular formula is C50H86O35. The summed E-state index contributed by atoms with van der Waals surface area (Å²) in [4.78, 5) is 0. The lowest BCUT2D eigenvalue weighted by Crippen LogP contribution is -2.68. The van der Waals surface area contributed by atoms with Crippen LogP contribution in [0.2, 0.25) is 0 Å². The molecule has 13 N–H and O–H groups in total. The highest BCUT2D eigenvalue weighted by molar-refractivity contribution is 5.02. The first-order valence-corrected chi connectivity index (χ1v) is 27.7. The smallest absolute Gasteiger partial charge is 0.187 e. The Balaban J connectivity index is 1.13. The van der Waals surface area contributed by atoms with Crippen molar-refractivity contribution in [3.8, 4) is 0 Å². The zero-order chi connectivity index (χ0) is 61.7. The summed E-state index contributed by atoms with van der Waals surface area (Å²) in [6.45, 7) is -2.56. The van der Waals surface area contributed by atoms with Crippen molar-refractivity contribution in [2.24, 2.45) is 0 Å². The van der Waals surface area contributed by atoms with Gasteiger partial charge in [0.2, 0.25) is 0 Å². The quantitative estimate of drug-likeness (QED) is 0.0724. The van der Waals surface area contributed by atoms with E-state index in [4.69, 9.17) is 104 Å². The molecule has 21 rings (SSSR count). The molecule has 21 saturated heterocycles. The lowest BCUT2D eigenvalue weighted by atomic mass is 9.95. The normalized spacial score (nSPS) is 51.3. The molecule has 21 aliphatic rings. The van der Waals surface area contributed by atoms with Crippen LogP contribution in [-0.2, 0) is 104 Å². The molecule has 0 aromatic rings. The number of aliphatic hydroxyl groups excluding tert-OH is 13. The fraction of sp³-hybridized carbons (Fsp3) is 1.00. The molecule has 0 aliphatic carbocycles. The Kier molecular flexibility index (Phi) is 25.6. The number of hydrogen-bond donors (Lipinski definition) is 13. The predicted octanol–water partition coefficient (Wildman–Crippen LogP) is -10.00. The van der Waals surface area contributed by atoms with E-state index in [0.717, 1.165) is 0 Å². The molecule has 35 heteroatoms. The van der Waals surface area contributed by atoms with Crippen LogP contribution in [0.1, 0.15) is 0 Å². The highest BCUT2D eigenvalue weighted by Crippen LogP contribution is 2.40. The lowest BCUT2D eigenvalue weighted by Gasteiger charge is -2.50. The van der Waals surface area contributed by atoms with E-state index >= 15 is 0 Å². The topological polar surface area (TPSA) is 466 Å². The summed E-state index contributed by atoms with van der Waals surface area (Å²) < 4.78 is 129. The van der Waals surface area contributed by atoms with Crippen LogP contribution in [0, 0.1) is 0 Å². The minimum absolute atomic E-state index is 0.307. The van der Waals surface area contributed by atoms with Gasteiger partial charge in [-0.1, -0.05) is 0 Å². The summed E-state index contributed by atoms with van der Waals surface area (Å²) in [5, 5.41) is 152. The zero-order valence-electron chi connectivity index (χ0n) is 48.0. The molecule has 35 atom stereocenters. The van der Waals surface area contributed by atoms with Crippen LogP contribution in [0.15, 0.2) is 0 Å². The van der Waals surface area contributed by atoms with Crippen LogP contribution >= 0.6 is 0 Å². The Labute approximate surface area is 487 Å². The Morgan fingerprint density at radius 1 is 0.200 bits per heavy atom. The molecule has 0 radical (unpaired) electrons. The molecular weight excluding hydrogens is 1160 g/mol. The highest BCUT2D eigenvalue weighted by atomic mass is 16.8. The van der Waals surface area contributed by atoms with Gasteiger partial charge >= 0.3 is 0 Å². The van der Waals surface area contributed by atoms with E-state index < -0.39 is 215 Å². The van der Waals surface area contributed by atoms with Crippen molar-refractivity contribution >= 4 is 0 Å². The molecule has 35 nitrogen and oxygen atoms in total. The molecule has 21 aliphatic heterocycles. The van der Waals surface area contributed by atoms with Crippen molar-refractivity contribution in [2.45, 2.75) is 215 Å². The first-order valence-electron chi connectivity index (χ1n) is 27.7. The second-order valence-corrected chi connectivity index (χ2v) is 21.8. The monoisotopic (exact) mass is 1250 g/mol. The average Bonchev–Trinajstić information content (AvgIpc) is 3.07. The van der Waals surface area contributed by atoms with Gasteiger partial charge in [0.05, 0.1) is 46.2 Å². The standard InChI is InChI=1S/C50H86O35/c1-64-9-16-36-24(52)30(58)45(73-16)81-38-18(11-66-3)75-47(32(60)26(38)54)83-40-20(13-68-5)77-49(34(62)28(40)56)85-42-22(15-70-7)78-50(35(63)43(42)71-8)84-41-21(14-69-6)76-48(33(61)27(41)55)82-39-19(12-67-4)74-46(31(59)25(39)53)80-37-17(10-65-2)72-44(79-36)29(57)23(37)51/h16-63H,9-15H2,1-8H3/t16-,17-,18-,19-,20-,21-,22+,23-,24-,25-,26-,27-,28-,29-,30-,31-,32-,33-,34-,35+,36-,37-,38-,39-,40-,41-,42+,43+,44-,45-,46-,47-,48-,49-,50+/m0/s1. The molecule has 0 unspecified atom stereocenters. The number of rotatable bonds is 15. The second-order valence-electron chi connectivity index (χ2n) is 21.8. The third-order valence-corrected chi connectivity index (χ3v) is 16.1. The van der Waals surface area contributed by atoms with Gasteiger partial charge in [-0.05, 0) is 0 Å². The molecule has 0 aromatic heterocycles. The van der Waals surface area contributed by atoms with Gasteiger partial charge in [-0.25, -0.2) is 0 Å². The van der Waals surface area contributed by atoms with E-state index in [1.165, 1.54) is 56.9 Å². The van der Waals surface area contributed by atoms with Crippen molar-refractivity contribution in [2.75, 3.05) is 103 Å². The largest absolute Gasteiger partial charge is 0.387 e. The fourth-order valence-electron chi connectivity index (χ4n) is 11.7. The van der Waals surface area contributed by atoms with Gasteiger partial charge < -0.3 is 171 Å². The summed E-state index contributed by atoms with van der Waals surface area (Å²) in [5.41, 5.74) is 0. The van der Waals surface area contributed by atoms with Crippen LogP contribution in [0.3, 0.4) is 0 Å². The predicted molar refractivity (Wildman–Crippen MR) is 267 cm³/mol. The second kappa shape index (κ2) is 31.3. The number of hydrogen-bond acceptors (Lipinski definition) is 35. The molecule has 85 heavy (non-hydrogen) atoms. The van der Waals surface area contributed by atoms with Gasteiger partial charge in [0, 0.05) is 56.9 Å². The van der Waals surface area contributed by atoms with Crippen molar-refractivity contribution in [3.63, 3.8) is 0 Å². The Bertz CT molecular complexity index is 1960. The number of methoxy groups -OCH3 is 8. The van der Waals surface area contributed by atoms with Gasteiger partial charge in [0.15, 0.2) is 44.0 Å². The van der Waals surface area contributed by atoms with Crippen molar-refractivity contribution in [3.05, 3.63) is 0 Å². The SMILES string of the molecule is COC[C@@H]1O[C@H]2O[C@@H]3[C@@H](O)[C@H](O)[C@H](O[C@@H]4[C@@H](O)[C@H](O)[C@H](O[C@H]5[C@H](OC)[C@@H](O)[C@@H](O[C@@H]6[C@@H](O)[C@H](O)[C@H](O[C@@H]7[C@@H](O)[C@H](O)[C@H](O[C@@H]8[C@@H](O)[C@H](O)[C@H](O[C@@H]1[C@@H](O)[C@@H]2O)O[C@H]8COC)O[C@H]7COC)O[C@H]6COC)O[C@@H]5COC)O[C@H]4COC)O[C@H]3COC. The van der Waals surface area contributed by atoms with Crippen molar-refractivity contribution in [1.29, 1.82) is 0 Å². The maximum absolute atomic E-state index is 11.9. The third kappa shape index (κ3) is 14.9. The third-order valence-electron chi connectivity index (χ3n) is 16.1. The van der Waals surface area contributed by atoms with Crippen LogP contribution in [0.5, 0.6) is 0 Å². The van der Waals surface area contributed by atoms with E-state index in [1.807, 2.05) is 0 Å². The molecule has 0 amide bonds. The first kappa shape index (κ1) is 69.5. The minimum atomic E-state index is -2.05. The van der Waals surface area contributed by atoms with E-state index in [1.54, 1.807) is 0 Å². The van der Waals surface area contributed by atoms with E-state index in [2.05, 4.69) is 0 Å². The van der Waals surface area contributed by atoms with Gasteiger partial charge in [-0.15, -0.1) is 0 Å². The number of ether oxygens (including phenoxy) is 22. The molecule has 0 aromatic carbocycles. The van der Waals surface area contributed by atoms with E-state index in [-0.39, 0.29) is 46.2 Å². The maximum Gasteiger partial charge on any atom is 0.187 e. The van der Waals surface area contributed by atoms with Gasteiger partial charge in [0.1, 0.15) is 171 Å². The maximum atomic E-state index is 11.9. The molecule has 21 heterocycles. The van der Waals surface area contributed by atoms with Crippen LogP contribution < -0.4 is 0 Å². The minimum Gasteiger partial charge on any atom is -0.387 e. The van der Waals surface area contributed by atoms with Gasteiger partial charge in [-0.3, -0.25) is 0 Å². The highest BCUT2D eigenvalue weighted by Gasteiger charge is 2.60. The van der Waals surface area contributed by atoms with Crippen molar-refractivity contribution < 1.29 is 171 Å². The Morgan fingerprint density at radius 2 is 0.353 bits per heavy atom. The first-order chi connectivity index (χ1) is 40.7. The zero-order valence-corrected chi connectivity index (χ0v) is 48.0. The summed E-state index contributed by atoms with van der Waals surface area (Å²) in [6.07, 6.45) is -60.7. The van der Waals surface area contributed by atoms with E-state index in [9.17, 15) is 66.4 Å². The fourth-order valence-corrected chi connectivity index (χ4v) is 11.7. The average molecular weight is 1250 g/mol. The van der Waals surface area contributed by atoms with E-state index in [0.29, 0.717) is 0 Å². The molecule has 21 fully saturated rings. The Hall–Kier alpha value is -1.40. The lowest BCUT2D eigenvalue weighted by molar-refractivity contribution is -0.398. The van der Waals surface area contributed by atoms with Crippen LogP contribution in [-0.4, -0.2) is 384 Å². The molecule has 14 bridgehead atoms. The number of aliphatic hydroxyl groups is 13. The van der Waals surface area contributed by atoms with Crippen LogP contribution in [0.25, 0.3) is 0 Å². The van der Waals surface area contributed by atoms with Crippen molar-refractivity contribution in [1.82, 2.24) is 0 Å². The van der Waals surface area contributed by atoms with Crippen LogP contribution in [0.4, 0.5) is 0 Å². The molecule has 0 saturated carbocycles. The summed E-state index contributed by atoms with van der Waals surface area (Å²) in [6, 6.07) is 0. The molecule has 0 spiro atoms. The summed E-state index contributed by atoms with van der Waals surface area (Å²) in [5.74, 6) is 0. The summed E-state index contributed by atoms with van der Waals surface area (Å²) >= 11 is 0. The Morgan fingerprint density at radius 3 is 0.518 bits per heavy atom. The van der Waals surface area contributed by atoms with Gasteiger partial charge in [0.25, 0.3) is 0 Å². The van der Waals surface area contributed by atoms with Gasteiger partial charge in [-0.2, -0.15) is 0 Å². The molecule has 496 valence electrons. The summed E-state index contributed by atoms with van der Waals surface area (Å²) in [7, 11) is 10.2.